The summed E-state index contributed by atoms with van der Waals surface area (Å²) in [6, 6.07) is 6.81. The molecule has 1 unspecified atom stereocenters. The quantitative estimate of drug-likeness (QED) is 0.908. The van der Waals surface area contributed by atoms with Gasteiger partial charge in [0.05, 0.1) is 6.04 Å². The maximum atomic E-state index is 12.4. The van der Waals surface area contributed by atoms with E-state index in [1.54, 1.807) is 0 Å². The van der Waals surface area contributed by atoms with E-state index in [-0.39, 0.29) is 0 Å². The van der Waals surface area contributed by atoms with Gasteiger partial charge in [-0.05, 0) is 12.5 Å². The fourth-order valence-corrected chi connectivity index (χ4v) is 2.31. The van der Waals surface area contributed by atoms with Crippen LogP contribution in [0.3, 0.4) is 0 Å². The maximum absolute atomic E-state index is 12.4. The second-order valence-corrected chi connectivity index (χ2v) is 5.02. The van der Waals surface area contributed by atoms with E-state index >= 15 is 0 Å². The Morgan fingerprint density at radius 2 is 1.83 bits per heavy atom. The van der Waals surface area contributed by atoms with Gasteiger partial charge in [-0.25, -0.2) is 4.98 Å². The molecule has 0 saturated heterocycles. The van der Waals surface area contributed by atoms with Crippen LogP contribution in [0.1, 0.15) is 27.1 Å². The molecular formula is C12H11F3N2S. The molecule has 0 bridgehead atoms. The highest BCUT2D eigenvalue weighted by Gasteiger charge is 2.35. The molecule has 2 N–H and O–H groups in total. The molecule has 1 aromatic heterocycles. The number of rotatable bonds is 2. The van der Waals surface area contributed by atoms with Gasteiger partial charge in [-0.15, -0.1) is 11.3 Å². The van der Waals surface area contributed by atoms with E-state index in [1.807, 2.05) is 31.2 Å². The standard InChI is InChI=1S/C12H11F3N2S/c1-7-2-4-8(5-3-7)10(16)9-6-17-11(18-9)12(13,14)15/h2-6,10H,16H2,1H3. The third kappa shape index (κ3) is 2.70. The lowest BCUT2D eigenvalue weighted by atomic mass is 10.1. The van der Waals surface area contributed by atoms with Crippen molar-refractivity contribution < 1.29 is 13.2 Å². The van der Waals surface area contributed by atoms with Crippen molar-refractivity contribution in [1.29, 1.82) is 0 Å². The third-order valence-corrected chi connectivity index (χ3v) is 3.63. The molecule has 0 aliphatic heterocycles. The maximum Gasteiger partial charge on any atom is 0.443 e. The van der Waals surface area contributed by atoms with Crippen LogP contribution in [0.2, 0.25) is 0 Å². The number of benzene rings is 1. The molecule has 0 radical (unpaired) electrons. The highest BCUT2D eigenvalue weighted by Crippen LogP contribution is 2.35. The van der Waals surface area contributed by atoms with Crippen LogP contribution in [0, 0.1) is 6.92 Å². The molecule has 0 saturated carbocycles. The number of hydrogen-bond donors (Lipinski definition) is 1. The SMILES string of the molecule is Cc1ccc(C(N)c2cnc(C(F)(F)F)s2)cc1. The minimum absolute atomic E-state index is 0.408. The smallest absolute Gasteiger partial charge is 0.320 e. The first-order valence-electron chi connectivity index (χ1n) is 5.23. The largest absolute Gasteiger partial charge is 0.443 e. The fraction of sp³-hybridized carbons (Fsp3) is 0.250. The molecule has 2 rings (SSSR count). The molecule has 0 amide bonds. The van der Waals surface area contributed by atoms with E-state index in [2.05, 4.69) is 4.98 Å². The first-order valence-corrected chi connectivity index (χ1v) is 6.04. The molecule has 18 heavy (non-hydrogen) atoms. The molecule has 0 fully saturated rings. The van der Waals surface area contributed by atoms with E-state index in [0.29, 0.717) is 16.2 Å². The summed E-state index contributed by atoms with van der Waals surface area (Å²) in [6.07, 6.45) is -3.21. The van der Waals surface area contributed by atoms with Crippen LogP contribution in [0.5, 0.6) is 0 Å². The number of alkyl halides is 3. The Morgan fingerprint density at radius 3 is 2.33 bits per heavy atom. The Morgan fingerprint density at radius 1 is 1.22 bits per heavy atom. The van der Waals surface area contributed by atoms with Crippen molar-refractivity contribution in [3.8, 4) is 0 Å². The lowest BCUT2D eigenvalue weighted by Crippen LogP contribution is -2.10. The number of hydrogen-bond acceptors (Lipinski definition) is 3. The van der Waals surface area contributed by atoms with Crippen molar-refractivity contribution in [2.45, 2.75) is 19.1 Å². The second-order valence-electron chi connectivity index (χ2n) is 3.95. The van der Waals surface area contributed by atoms with E-state index in [4.69, 9.17) is 5.73 Å². The van der Waals surface area contributed by atoms with E-state index < -0.39 is 17.2 Å². The van der Waals surface area contributed by atoms with Crippen LogP contribution in [0.15, 0.2) is 30.5 Å². The van der Waals surface area contributed by atoms with Crippen LogP contribution in [0.4, 0.5) is 13.2 Å². The van der Waals surface area contributed by atoms with Crippen molar-refractivity contribution in [2.75, 3.05) is 0 Å². The summed E-state index contributed by atoms with van der Waals surface area (Å²) in [6.45, 7) is 1.93. The van der Waals surface area contributed by atoms with Crippen LogP contribution in [-0.2, 0) is 6.18 Å². The zero-order chi connectivity index (χ0) is 13.3. The number of nitrogens with two attached hydrogens (primary N) is 1. The van der Waals surface area contributed by atoms with Crippen LogP contribution < -0.4 is 5.73 Å². The van der Waals surface area contributed by atoms with Crippen molar-refractivity contribution >= 4 is 11.3 Å². The summed E-state index contributed by atoms with van der Waals surface area (Å²) < 4.78 is 37.3. The molecule has 96 valence electrons. The number of aryl methyl sites for hydroxylation is 1. The molecule has 1 heterocycles. The normalized spacial score (nSPS) is 13.6. The topological polar surface area (TPSA) is 38.9 Å². The first kappa shape index (κ1) is 13.0. The van der Waals surface area contributed by atoms with Crippen molar-refractivity contribution in [2.24, 2.45) is 5.73 Å². The fourth-order valence-electron chi connectivity index (χ4n) is 1.50. The molecule has 2 nitrogen and oxygen atoms in total. The number of halogens is 3. The van der Waals surface area contributed by atoms with Crippen molar-refractivity contribution in [3.63, 3.8) is 0 Å². The van der Waals surface area contributed by atoms with Gasteiger partial charge in [0, 0.05) is 11.1 Å². The van der Waals surface area contributed by atoms with Gasteiger partial charge >= 0.3 is 6.18 Å². The summed E-state index contributed by atoms with van der Waals surface area (Å²) in [5, 5.41) is -0.861. The average molecular weight is 272 g/mol. The number of thiazole rings is 1. The van der Waals surface area contributed by atoms with Gasteiger partial charge in [0.25, 0.3) is 0 Å². The van der Waals surface area contributed by atoms with E-state index in [9.17, 15) is 13.2 Å². The first-order chi connectivity index (χ1) is 8.38. The van der Waals surface area contributed by atoms with E-state index in [0.717, 1.165) is 11.1 Å². The van der Waals surface area contributed by atoms with Gasteiger partial charge in [-0.3, -0.25) is 0 Å². The summed E-state index contributed by atoms with van der Waals surface area (Å²) in [5.74, 6) is 0. The van der Waals surface area contributed by atoms with Gasteiger partial charge in [-0.1, -0.05) is 29.8 Å². The van der Waals surface area contributed by atoms with E-state index in [1.165, 1.54) is 6.20 Å². The van der Waals surface area contributed by atoms with Gasteiger partial charge in [0.15, 0.2) is 5.01 Å². The van der Waals surface area contributed by atoms with Gasteiger partial charge in [-0.2, -0.15) is 13.2 Å². The van der Waals surface area contributed by atoms with Crippen LogP contribution in [0.25, 0.3) is 0 Å². The Hall–Kier alpha value is -1.40. The minimum Gasteiger partial charge on any atom is -0.320 e. The predicted molar refractivity (Wildman–Crippen MR) is 64.3 cm³/mol. The highest BCUT2D eigenvalue weighted by molar-refractivity contribution is 7.11. The summed E-state index contributed by atoms with van der Waals surface area (Å²) in [7, 11) is 0. The Kier molecular flexibility index (Phi) is 3.41. The molecular weight excluding hydrogens is 261 g/mol. The molecule has 1 aromatic carbocycles. The van der Waals surface area contributed by atoms with Gasteiger partial charge < -0.3 is 5.73 Å². The van der Waals surface area contributed by atoms with Crippen LogP contribution >= 0.6 is 11.3 Å². The lowest BCUT2D eigenvalue weighted by Gasteiger charge is -2.09. The summed E-state index contributed by atoms with van der Waals surface area (Å²) in [5.41, 5.74) is 7.78. The summed E-state index contributed by atoms with van der Waals surface area (Å²) in [4.78, 5) is 3.77. The Labute approximate surface area is 106 Å². The van der Waals surface area contributed by atoms with Crippen molar-refractivity contribution in [1.82, 2.24) is 4.98 Å². The molecule has 0 aliphatic rings. The van der Waals surface area contributed by atoms with Gasteiger partial charge in [0.1, 0.15) is 0 Å². The molecule has 0 aliphatic carbocycles. The monoisotopic (exact) mass is 272 g/mol. The Bertz CT molecular complexity index is 531. The van der Waals surface area contributed by atoms with Crippen molar-refractivity contribution in [3.05, 3.63) is 51.5 Å². The molecule has 6 heteroatoms. The average Bonchev–Trinajstić information content (AvgIpc) is 2.78. The van der Waals surface area contributed by atoms with Crippen LogP contribution in [-0.4, -0.2) is 4.98 Å². The number of aromatic nitrogens is 1. The lowest BCUT2D eigenvalue weighted by molar-refractivity contribution is -0.137. The molecule has 0 spiro atoms. The second kappa shape index (κ2) is 4.70. The minimum atomic E-state index is -4.41. The Balaban J connectivity index is 2.26. The zero-order valence-electron chi connectivity index (χ0n) is 9.53. The number of nitrogens with zero attached hydrogens (tertiary/aromatic N) is 1. The zero-order valence-corrected chi connectivity index (χ0v) is 10.3. The highest BCUT2D eigenvalue weighted by atomic mass is 32.1. The van der Waals surface area contributed by atoms with Gasteiger partial charge in [0.2, 0.25) is 0 Å². The molecule has 1 atom stereocenters. The molecule has 2 aromatic rings. The predicted octanol–water partition coefficient (Wildman–Crippen LogP) is 3.52. The third-order valence-electron chi connectivity index (χ3n) is 2.51. The summed E-state index contributed by atoms with van der Waals surface area (Å²) >= 11 is 0.586.